The summed E-state index contributed by atoms with van der Waals surface area (Å²) >= 11 is 5.02. The predicted molar refractivity (Wildman–Crippen MR) is 28.5 cm³/mol. The molecule has 0 rings (SSSR count). The van der Waals surface area contributed by atoms with E-state index >= 15 is 0 Å². The van der Waals surface area contributed by atoms with Crippen LogP contribution in [-0.2, 0) is 0 Å². The number of rotatable bonds is 1. The molecule has 0 saturated heterocycles. The van der Waals surface area contributed by atoms with Crippen molar-refractivity contribution < 1.29 is 0 Å². The van der Waals surface area contributed by atoms with Crippen molar-refractivity contribution in [1.29, 1.82) is 0 Å². The molecule has 1 heteroatoms. The van der Waals surface area contributed by atoms with Crippen LogP contribution in [0.25, 0.3) is 0 Å². The molecule has 0 atom stereocenters. The third-order valence-corrected chi connectivity index (χ3v) is 0.478. The Bertz CT molecular complexity index is 52.3. The molecule has 0 heterocycles. The Kier molecular flexibility index (Phi) is 4.59. The van der Waals surface area contributed by atoms with E-state index in [4.69, 9.17) is 11.6 Å². The van der Waals surface area contributed by atoms with Gasteiger partial charge in [-0.3, -0.25) is 0 Å². The van der Waals surface area contributed by atoms with Gasteiger partial charge in [-0.2, -0.15) is 0 Å². The van der Waals surface area contributed by atoms with Crippen LogP contribution in [-0.4, -0.2) is 0 Å². The third-order valence-electron chi connectivity index (χ3n) is 0.352. The molecule has 0 aromatic carbocycles. The molecule has 0 bridgehead atoms. The van der Waals surface area contributed by atoms with Crippen LogP contribution in [0.5, 0.6) is 0 Å². The van der Waals surface area contributed by atoms with Gasteiger partial charge < -0.3 is 0 Å². The van der Waals surface area contributed by atoms with Gasteiger partial charge in [0.2, 0.25) is 0 Å². The van der Waals surface area contributed by atoms with E-state index in [0.29, 0.717) is 0 Å². The first kappa shape index (κ1) is 5.77. The lowest BCUT2D eigenvalue weighted by molar-refractivity contribution is 1.74. The van der Waals surface area contributed by atoms with Gasteiger partial charge in [-0.25, -0.2) is 0 Å². The minimum atomic E-state index is 1.64. The van der Waals surface area contributed by atoms with Crippen molar-refractivity contribution in [2.24, 2.45) is 0 Å². The third kappa shape index (κ3) is 3.77. The van der Waals surface area contributed by atoms with Gasteiger partial charge in [0.05, 0.1) is 5.54 Å². The van der Waals surface area contributed by atoms with E-state index in [1.54, 1.807) is 6.08 Å². The molecule has 0 nitrogen and oxygen atoms in total. The average molecular weight is 102 g/mol. The fourth-order valence-corrected chi connectivity index (χ4v) is 0.205. The number of hydrogen-bond donors (Lipinski definition) is 0. The summed E-state index contributed by atoms with van der Waals surface area (Å²) in [6.07, 6.45) is 5.34. The van der Waals surface area contributed by atoms with E-state index in [1.807, 2.05) is 19.1 Å². The van der Waals surface area contributed by atoms with E-state index in [9.17, 15) is 0 Å². The first-order valence-electron chi connectivity index (χ1n) is 1.72. The summed E-state index contributed by atoms with van der Waals surface area (Å²) in [6, 6.07) is 0. The molecule has 6 heavy (non-hydrogen) atoms. The van der Waals surface area contributed by atoms with E-state index in [2.05, 4.69) is 5.54 Å². The van der Waals surface area contributed by atoms with Crippen molar-refractivity contribution in [3.63, 3.8) is 0 Å². The van der Waals surface area contributed by atoms with Crippen LogP contribution in [0.1, 0.15) is 6.92 Å². The molecule has 1 radical (unpaired) electrons. The molecule has 0 aliphatic rings. The Morgan fingerprint density at radius 1 is 1.67 bits per heavy atom. The van der Waals surface area contributed by atoms with Crippen LogP contribution in [0, 0.1) is 5.54 Å². The van der Waals surface area contributed by atoms with Crippen molar-refractivity contribution >= 4 is 11.6 Å². The fraction of sp³-hybridized carbons (Fsp3) is 0.200. The van der Waals surface area contributed by atoms with Gasteiger partial charge in [-0.15, -0.1) is 0 Å². The zero-order chi connectivity index (χ0) is 4.83. The SMILES string of the molecule is C/C=C/C=[C]\Cl. The average Bonchev–Trinajstić information content (AvgIpc) is 1.61. The van der Waals surface area contributed by atoms with Crippen molar-refractivity contribution in [2.75, 3.05) is 0 Å². The summed E-state index contributed by atoms with van der Waals surface area (Å²) in [5, 5.41) is 0. The molecular formula is C5H6Cl. The molecule has 0 unspecified atom stereocenters. The molecule has 0 N–H and O–H groups in total. The zero-order valence-electron chi connectivity index (χ0n) is 3.61. The van der Waals surface area contributed by atoms with Crippen molar-refractivity contribution in [3.8, 4) is 0 Å². The number of hydrogen-bond acceptors (Lipinski definition) is 0. The largest absolute Gasteiger partial charge is 0.0876 e. The first-order valence-corrected chi connectivity index (χ1v) is 2.10. The molecule has 0 spiro atoms. The van der Waals surface area contributed by atoms with E-state index < -0.39 is 0 Å². The van der Waals surface area contributed by atoms with Crippen molar-refractivity contribution in [3.05, 3.63) is 23.8 Å². The molecule has 0 aromatic rings. The van der Waals surface area contributed by atoms with Gasteiger partial charge in [0.1, 0.15) is 0 Å². The second-order valence-corrected chi connectivity index (χ2v) is 1.02. The molecule has 0 aliphatic carbocycles. The zero-order valence-corrected chi connectivity index (χ0v) is 4.37. The highest BCUT2D eigenvalue weighted by molar-refractivity contribution is 6.22. The lowest BCUT2D eigenvalue weighted by Gasteiger charge is -1.60. The summed E-state index contributed by atoms with van der Waals surface area (Å²) in [5.41, 5.74) is 2.33. The molecular weight excluding hydrogens is 95.5 g/mol. The Morgan fingerprint density at radius 3 is 2.50 bits per heavy atom. The van der Waals surface area contributed by atoms with Crippen LogP contribution < -0.4 is 0 Å². The second kappa shape index (κ2) is 4.77. The number of halogens is 1. The maximum Gasteiger partial charge on any atom is 0.0592 e. The summed E-state index contributed by atoms with van der Waals surface area (Å²) in [6.45, 7) is 1.92. The lowest BCUT2D eigenvalue weighted by Crippen LogP contribution is -1.38. The van der Waals surface area contributed by atoms with Crippen LogP contribution in [0.4, 0.5) is 0 Å². The van der Waals surface area contributed by atoms with Gasteiger partial charge in [0.25, 0.3) is 0 Å². The van der Waals surface area contributed by atoms with Gasteiger partial charge in [0, 0.05) is 0 Å². The second-order valence-electron chi connectivity index (χ2n) is 0.802. The van der Waals surface area contributed by atoms with Crippen molar-refractivity contribution in [2.45, 2.75) is 6.92 Å². The maximum atomic E-state index is 5.02. The normalized spacial score (nSPS) is 11.7. The topological polar surface area (TPSA) is 0 Å². The standard InChI is InChI=1S/C5H6Cl/c1-2-3-4-5-6/h2-4H,1H3/b3-2+,5-4?. The Morgan fingerprint density at radius 2 is 2.33 bits per heavy atom. The fourth-order valence-electron chi connectivity index (χ4n) is 0.133. The Hall–Kier alpha value is -0.230. The summed E-state index contributed by atoms with van der Waals surface area (Å²) in [7, 11) is 0. The van der Waals surface area contributed by atoms with Crippen LogP contribution in [0.3, 0.4) is 0 Å². The number of allylic oxidation sites excluding steroid dienone is 3. The Balaban J connectivity index is 3.07. The van der Waals surface area contributed by atoms with Gasteiger partial charge in [-0.1, -0.05) is 23.8 Å². The van der Waals surface area contributed by atoms with Gasteiger partial charge in [0.15, 0.2) is 0 Å². The molecule has 33 valence electrons. The van der Waals surface area contributed by atoms with Crippen LogP contribution >= 0.6 is 11.6 Å². The van der Waals surface area contributed by atoms with E-state index in [-0.39, 0.29) is 0 Å². The highest BCUT2D eigenvalue weighted by atomic mass is 35.5. The summed E-state index contributed by atoms with van der Waals surface area (Å²) in [4.78, 5) is 0. The van der Waals surface area contributed by atoms with E-state index in [0.717, 1.165) is 0 Å². The van der Waals surface area contributed by atoms with Crippen molar-refractivity contribution in [1.82, 2.24) is 0 Å². The minimum Gasteiger partial charge on any atom is -0.0876 e. The van der Waals surface area contributed by atoms with Gasteiger partial charge in [-0.05, 0) is 13.0 Å². The first-order chi connectivity index (χ1) is 2.91. The highest BCUT2D eigenvalue weighted by Crippen LogP contribution is 1.76. The quantitative estimate of drug-likeness (QED) is 0.444. The summed E-state index contributed by atoms with van der Waals surface area (Å²) < 4.78 is 0. The van der Waals surface area contributed by atoms with Crippen LogP contribution in [0.2, 0.25) is 0 Å². The lowest BCUT2D eigenvalue weighted by atomic mass is 10.5. The molecule has 0 saturated carbocycles. The van der Waals surface area contributed by atoms with Gasteiger partial charge >= 0.3 is 0 Å². The highest BCUT2D eigenvalue weighted by Gasteiger charge is 1.51. The molecule has 0 aromatic heterocycles. The smallest absolute Gasteiger partial charge is 0.0592 e. The monoisotopic (exact) mass is 101 g/mol. The molecule has 0 fully saturated rings. The molecule has 0 aliphatic heterocycles. The van der Waals surface area contributed by atoms with E-state index in [1.165, 1.54) is 0 Å². The maximum absolute atomic E-state index is 5.02. The van der Waals surface area contributed by atoms with Crippen LogP contribution in [0.15, 0.2) is 18.2 Å². The Labute approximate surface area is 43.1 Å². The summed E-state index contributed by atoms with van der Waals surface area (Å²) in [5.74, 6) is 0. The predicted octanol–water partition coefficient (Wildman–Crippen LogP) is 2.12. The molecule has 0 amide bonds. The minimum absolute atomic E-state index is 1.64.